The van der Waals surface area contributed by atoms with Crippen LogP contribution in [0.3, 0.4) is 0 Å². The fourth-order valence-electron chi connectivity index (χ4n) is 3.05. The Hall–Kier alpha value is -3.12. The fraction of sp³-hybridized carbons (Fsp3) is 0.238. The summed E-state index contributed by atoms with van der Waals surface area (Å²) in [6.45, 7) is 3.10. The number of hydrogen-bond donors (Lipinski definition) is 1. The van der Waals surface area contributed by atoms with Crippen molar-refractivity contribution in [2.45, 2.75) is 0 Å². The molecule has 3 aromatic rings. The van der Waals surface area contributed by atoms with Gasteiger partial charge in [-0.1, -0.05) is 30.3 Å². The molecule has 0 saturated carbocycles. The lowest BCUT2D eigenvalue weighted by molar-refractivity contribution is -0.118. The number of pyridine rings is 1. The van der Waals surface area contributed by atoms with Gasteiger partial charge in [0.15, 0.2) is 6.61 Å². The summed E-state index contributed by atoms with van der Waals surface area (Å²) in [6.07, 6.45) is 1.77. The Kier molecular flexibility index (Phi) is 5.16. The first kappa shape index (κ1) is 17.3. The monoisotopic (exact) mass is 363 g/mol. The quantitative estimate of drug-likeness (QED) is 0.755. The third kappa shape index (κ3) is 4.35. The van der Waals surface area contributed by atoms with E-state index in [1.54, 1.807) is 12.3 Å². The minimum atomic E-state index is -0.241. The van der Waals surface area contributed by atoms with Crippen LogP contribution in [-0.4, -0.2) is 43.8 Å². The summed E-state index contributed by atoms with van der Waals surface area (Å²) >= 11 is 0. The molecular weight excluding hydrogens is 342 g/mol. The molecule has 138 valence electrons. The highest BCUT2D eigenvalue weighted by Gasteiger charge is 2.12. The molecule has 6 nitrogen and oxygen atoms in total. The van der Waals surface area contributed by atoms with Crippen LogP contribution in [0.15, 0.2) is 60.8 Å². The van der Waals surface area contributed by atoms with Crippen molar-refractivity contribution in [3.05, 3.63) is 60.8 Å². The second kappa shape index (κ2) is 8.05. The predicted octanol–water partition coefficient (Wildman–Crippen LogP) is 3.09. The molecule has 0 spiro atoms. The number of benzene rings is 2. The molecule has 0 atom stereocenters. The number of morpholine rings is 1. The highest BCUT2D eigenvalue weighted by molar-refractivity contribution is 5.91. The van der Waals surface area contributed by atoms with Crippen molar-refractivity contribution < 1.29 is 14.3 Å². The van der Waals surface area contributed by atoms with E-state index in [1.807, 2.05) is 48.5 Å². The number of amides is 1. The van der Waals surface area contributed by atoms with Gasteiger partial charge in [0.25, 0.3) is 5.91 Å². The second-order valence-corrected chi connectivity index (χ2v) is 6.35. The van der Waals surface area contributed by atoms with Crippen molar-refractivity contribution in [1.29, 1.82) is 0 Å². The second-order valence-electron chi connectivity index (χ2n) is 6.35. The van der Waals surface area contributed by atoms with Crippen molar-refractivity contribution in [2.75, 3.05) is 43.1 Å². The van der Waals surface area contributed by atoms with E-state index in [4.69, 9.17) is 9.47 Å². The average Bonchev–Trinajstić information content (AvgIpc) is 2.73. The number of carbonyl (C=O) groups is 1. The summed E-state index contributed by atoms with van der Waals surface area (Å²) < 4.78 is 11.0. The molecule has 1 fully saturated rings. The van der Waals surface area contributed by atoms with Crippen LogP contribution in [0.2, 0.25) is 0 Å². The number of fused-ring (bicyclic) bond motifs is 1. The van der Waals surface area contributed by atoms with Gasteiger partial charge in [0.2, 0.25) is 0 Å². The van der Waals surface area contributed by atoms with Crippen molar-refractivity contribution in [1.82, 2.24) is 4.98 Å². The van der Waals surface area contributed by atoms with E-state index in [0.717, 1.165) is 42.8 Å². The van der Waals surface area contributed by atoms with Crippen LogP contribution in [0.5, 0.6) is 5.75 Å². The number of ether oxygens (including phenoxy) is 2. The van der Waals surface area contributed by atoms with Gasteiger partial charge in [-0.05, 0) is 35.0 Å². The Morgan fingerprint density at radius 1 is 1.07 bits per heavy atom. The molecule has 0 unspecified atom stereocenters. The summed E-state index contributed by atoms with van der Waals surface area (Å²) in [5.41, 5.74) is 1.03. The molecule has 2 aromatic carbocycles. The maximum absolute atomic E-state index is 12.1. The van der Waals surface area contributed by atoms with Crippen LogP contribution < -0.4 is 15.0 Å². The number of carbonyl (C=O) groups excluding carboxylic acids is 1. The third-order valence-corrected chi connectivity index (χ3v) is 4.48. The summed E-state index contributed by atoms with van der Waals surface area (Å²) in [4.78, 5) is 18.7. The smallest absolute Gasteiger partial charge is 0.263 e. The normalized spacial score (nSPS) is 14.1. The third-order valence-electron chi connectivity index (χ3n) is 4.48. The Balaban J connectivity index is 1.31. The first-order valence-corrected chi connectivity index (χ1v) is 8.98. The number of hydrogen-bond acceptors (Lipinski definition) is 5. The minimum Gasteiger partial charge on any atom is -0.484 e. The van der Waals surface area contributed by atoms with E-state index in [9.17, 15) is 4.79 Å². The standard InChI is InChI=1S/C21H21N3O3/c25-21(15-27-19-7-5-16-3-1-2-4-17(16)13-19)23-20-8-6-18(14-22-20)24-9-11-26-12-10-24/h1-8,13-14H,9-12,15H2,(H,22,23,25). The SMILES string of the molecule is O=C(COc1ccc2ccccc2c1)Nc1ccc(N2CCOCC2)cn1. The molecular formula is C21H21N3O3. The lowest BCUT2D eigenvalue weighted by atomic mass is 10.1. The molecule has 27 heavy (non-hydrogen) atoms. The maximum Gasteiger partial charge on any atom is 0.263 e. The first-order chi connectivity index (χ1) is 13.3. The van der Waals surface area contributed by atoms with Crippen LogP contribution in [0, 0.1) is 0 Å². The van der Waals surface area contributed by atoms with Crippen LogP contribution in [0.1, 0.15) is 0 Å². The molecule has 0 bridgehead atoms. The molecule has 1 saturated heterocycles. The molecule has 2 heterocycles. The molecule has 1 amide bonds. The molecule has 4 rings (SSSR count). The highest BCUT2D eigenvalue weighted by atomic mass is 16.5. The first-order valence-electron chi connectivity index (χ1n) is 8.98. The van der Waals surface area contributed by atoms with Gasteiger partial charge in [0.1, 0.15) is 11.6 Å². The van der Waals surface area contributed by atoms with Gasteiger partial charge in [0.05, 0.1) is 25.1 Å². The van der Waals surface area contributed by atoms with Crippen LogP contribution in [-0.2, 0) is 9.53 Å². The molecule has 1 aliphatic heterocycles. The Labute approximate surface area is 157 Å². The van der Waals surface area contributed by atoms with Gasteiger partial charge in [-0.2, -0.15) is 0 Å². The molecule has 1 N–H and O–H groups in total. The lowest BCUT2D eigenvalue weighted by Crippen LogP contribution is -2.36. The van der Waals surface area contributed by atoms with Crippen LogP contribution in [0.25, 0.3) is 10.8 Å². The molecule has 6 heteroatoms. The molecule has 1 aliphatic rings. The van der Waals surface area contributed by atoms with E-state index < -0.39 is 0 Å². The van der Waals surface area contributed by atoms with Gasteiger partial charge < -0.3 is 19.7 Å². The summed E-state index contributed by atoms with van der Waals surface area (Å²) in [5.74, 6) is 0.938. The molecule has 0 radical (unpaired) electrons. The van der Waals surface area contributed by atoms with Gasteiger partial charge in [0, 0.05) is 13.1 Å². The Morgan fingerprint density at radius 3 is 2.67 bits per heavy atom. The molecule has 0 aliphatic carbocycles. The van der Waals surface area contributed by atoms with E-state index >= 15 is 0 Å². The van der Waals surface area contributed by atoms with Gasteiger partial charge in [-0.3, -0.25) is 4.79 Å². The number of rotatable bonds is 5. The fourth-order valence-corrected chi connectivity index (χ4v) is 3.05. The van der Waals surface area contributed by atoms with Gasteiger partial charge >= 0.3 is 0 Å². The van der Waals surface area contributed by atoms with E-state index in [1.165, 1.54) is 0 Å². The van der Waals surface area contributed by atoms with Crippen molar-refractivity contribution in [3.8, 4) is 5.75 Å². The lowest BCUT2D eigenvalue weighted by Gasteiger charge is -2.28. The summed E-state index contributed by atoms with van der Waals surface area (Å²) in [6, 6.07) is 17.6. The number of nitrogens with one attached hydrogen (secondary N) is 1. The minimum absolute atomic E-state index is 0.0643. The van der Waals surface area contributed by atoms with Crippen LogP contribution >= 0.6 is 0 Å². The van der Waals surface area contributed by atoms with E-state index in [-0.39, 0.29) is 12.5 Å². The average molecular weight is 363 g/mol. The Morgan fingerprint density at radius 2 is 1.89 bits per heavy atom. The van der Waals surface area contributed by atoms with Crippen molar-refractivity contribution in [3.63, 3.8) is 0 Å². The maximum atomic E-state index is 12.1. The number of aromatic nitrogens is 1. The highest BCUT2D eigenvalue weighted by Crippen LogP contribution is 2.20. The van der Waals surface area contributed by atoms with E-state index in [0.29, 0.717) is 11.6 Å². The summed E-state index contributed by atoms with van der Waals surface area (Å²) in [5, 5.41) is 4.98. The topological polar surface area (TPSA) is 63.7 Å². The predicted molar refractivity (Wildman–Crippen MR) is 105 cm³/mol. The van der Waals surface area contributed by atoms with Crippen LogP contribution in [0.4, 0.5) is 11.5 Å². The van der Waals surface area contributed by atoms with Crippen molar-refractivity contribution >= 4 is 28.2 Å². The van der Waals surface area contributed by atoms with Gasteiger partial charge in [-0.15, -0.1) is 0 Å². The summed E-state index contributed by atoms with van der Waals surface area (Å²) in [7, 11) is 0. The zero-order chi connectivity index (χ0) is 18.5. The zero-order valence-electron chi connectivity index (χ0n) is 14.9. The Bertz CT molecular complexity index is 921. The van der Waals surface area contributed by atoms with E-state index in [2.05, 4.69) is 15.2 Å². The number of anilines is 2. The van der Waals surface area contributed by atoms with Gasteiger partial charge in [-0.25, -0.2) is 4.98 Å². The number of nitrogens with zero attached hydrogens (tertiary/aromatic N) is 2. The largest absolute Gasteiger partial charge is 0.484 e. The molecule has 1 aromatic heterocycles. The van der Waals surface area contributed by atoms with Crippen molar-refractivity contribution in [2.24, 2.45) is 0 Å². The zero-order valence-corrected chi connectivity index (χ0v) is 14.9.